The van der Waals surface area contributed by atoms with E-state index in [1.807, 2.05) is 43.3 Å². The number of nitrogens with zero attached hydrogens (tertiary/aromatic N) is 4. The molecule has 29 heavy (non-hydrogen) atoms. The van der Waals surface area contributed by atoms with Gasteiger partial charge in [-0.25, -0.2) is 9.37 Å². The number of aryl methyl sites for hydroxylation is 1. The van der Waals surface area contributed by atoms with Crippen LogP contribution in [0.15, 0.2) is 60.7 Å². The van der Waals surface area contributed by atoms with Gasteiger partial charge >= 0.3 is 0 Å². The minimum atomic E-state index is -0.200. The van der Waals surface area contributed by atoms with Gasteiger partial charge in [-0.2, -0.15) is 4.98 Å². The molecule has 1 N–H and O–H groups in total. The summed E-state index contributed by atoms with van der Waals surface area (Å²) in [6, 6.07) is 19.2. The van der Waals surface area contributed by atoms with Crippen LogP contribution in [0.25, 0.3) is 0 Å². The molecule has 0 radical (unpaired) electrons. The van der Waals surface area contributed by atoms with Crippen LogP contribution in [0, 0.1) is 12.7 Å². The summed E-state index contributed by atoms with van der Waals surface area (Å²) >= 11 is 0. The Labute approximate surface area is 171 Å². The molecule has 5 nitrogen and oxygen atoms in total. The highest BCUT2D eigenvalue weighted by atomic mass is 19.1. The molecule has 2 aromatic carbocycles. The summed E-state index contributed by atoms with van der Waals surface area (Å²) in [4.78, 5) is 13.9. The van der Waals surface area contributed by atoms with Crippen molar-refractivity contribution in [3.05, 3.63) is 77.7 Å². The van der Waals surface area contributed by atoms with E-state index in [0.29, 0.717) is 5.95 Å². The van der Waals surface area contributed by atoms with E-state index in [4.69, 9.17) is 4.98 Å². The highest BCUT2D eigenvalue weighted by Gasteiger charge is 2.19. The van der Waals surface area contributed by atoms with Crippen LogP contribution in [-0.4, -0.2) is 36.1 Å². The zero-order valence-electron chi connectivity index (χ0n) is 16.8. The van der Waals surface area contributed by atoms with E-state index in [0.717, 1.165) is 43.4 Å². The van der Waals surface area contributed by atoms with Crippen LogP contribution in [0.2, 0.25) is 0 Å². The van der Waals surface area contributed by atoms with E-state index in [-0.39, 0.29) is 11.9 Å². The van der Waals surface area contributed by atoms with Gasteiger partial charge in [0.1, 0.15) is 11.6 Å². The minimum Gasteiger partial charge on any atom is -0.368 e. The van der Waals surface area contributed by atoms with Crippen LogP contribution in [0.4, 0.5) is 21.8 Å². The maximum absolute atomic E-state index is 13.2. The Hall–Kier alpha value is -3.15. The highest BCUT2D eigenvalue weighted by molar-refractivity contribution is 5.51. The van der Waals surface area contributed by atoms with Crippen molar-refractivity contribution >= 4 is 17.5 Å². The first kappa shape index (κ1) is 19.2. The number of benzene rings is 2. The van der Waals surface area contributed by atoms with Crippen molar-refractivity contribution in [2.45, 2.75) is 19.9 Å². The number of halogens is 1. The Bertz CT molecular complexity index is 937. The van der Waals surface area contributed by atoms with Gasteiger partial charge in [0, 0.05) is 43.6 Å². The molecule has 4 rings (SSSR count). The van der Waals surface area contributed by atoms with Crippen LogP contribution in [0.3, 0.4) is 0 Å². The lowest BCUT2D eigenvalue weighted by atomic mass is 10.1. The Morgan fingerprint density at radius 2 is 1.55 bits per heavy atom. The number of nitrogens with one attached hydrogen (secondary N) is 1. The number of piperazine rings is 1. The molecule has 0 saturated carbocycles. The first-order chi connectivity index (χ1) is 14.1. The van der Waals surface area contributed by atoms with Crippen molar-refractivity contribution in [1.29, 1.82) is 0 Å². The molecule has 2 heterocycles. The van der Waals surface area contributed by atoms with E-state index in [9.17, 15) is 4.39 Å². The van der Waals surface area contributed by atoms with Crippen molar-refractivity contribution < 1.29 is 4.39 Å². The van der Waals surface area contributed by atoms with Gasteiger partial charge in [0.05, 0.1) is 6.04 Å². The molecule has 3 aromatic rings. The molecule has 1 unspecified atom stereocenters. The van der Waals surface area contributed by atoms with E-state index in [1.54, 1.807) is 0 Å². The number of hydrogen-bond donors (Lipinski definition) is 1. The minimum absolute atomic E-state index is 0.126. The maximum Gasteiger partial charge on any atom is 0.225 e. The first-order valence-corrected chi connectivity index (χ1v) is 10.0. The highest BCUT2D eigenvalue weighted by Crippen LogP contribution is 2.23. The maximum atomic E-state index is 13.2. The van der Waals surface area contributed by atoms with Crippen LogP contribution in [0.5, 0.6) is 0 Å². The third-order valence-corrected chi connectivity index (χ3v) is 5.28. The Kier molecular flexibility index (Phi) is 5.60. The summed E-state index contributed by atoms with van der Waals surface area (Å²) in [6.07, 6.45) is 0. The average Bonchev–Trinajstić information content (AvgIpc) is 2.75. The third-order valence-electron chi connectivity index (χ3n) is 5.28. The van der Waals surface area contributed by atoms with Gasteiger partial charge in [-0.15, -0.1) is 0 Å². The summed E-state index contributed by atoms with van der Waals surface area (Å²) in [6.45, 7) is 7.58. The lowest BCUT2D eigenvalue weighted by Gasteiger charge is -2.37. The molecule has 0 aliphatic carbocycles. The van der Waals surface area contributed by atoms with E-state index in [1.165, 1.54) is 17.7 Å². The van der Waals surface area contributed by atoms with Crippen molar-refractivity contribution in [3.63, 3.8) is 0 Å². The topological polar surface area (TPSA) is 44.3 Å². The van der Waals surface area contributed by atoms with Gasteiger partial charge in [-0.1, -0.05) is 30.3 Å². The number of aromatic nitrogens is 2. The molecular formula is C23H26FN5. The number of anilines is 3. The molecule has 1 saturated heterocycles. The quantitative estimate of drug-likeness (QED) is 0.697. The second-order valence-electron chi connectivity index (χ2n) is 7.42. The number of hydrogen-bond acceptors (Lipinski definition) is 5. The predicted octanol–water partition coefficient (Wildman–Crippen LogP) is 4.42. The van der Waals surface area contributed by atoms with E-state index < -0.39 is 0 Å². The van der Waals surface area contributed by atoms with Gasteiger partial charge in [-0.3, -0.25) is 0 Å². The summed E-state index contributed by atoms with van der Waals surface area (Å²) in [5.74, 6) is 1.39. The summed E-state index contributed by atoms with van der Waals surface area (Å²) in [5.41, 5.74) is 3.20. The van der Waals surface area contributed by atoms with E-state index in [2.05, 4.69) is 39.2 Å². The Morgan fingerprint density at radius 3 is 2.24 bits per heavy atom. The zero-order chi connectivity index (χ0) is 20.2. The Balaban J connectivity index is 1.43. The largest absolute Gasteiger partial charge is 0.368 e. The molecule has 1 aliphatic rings. The predicted molar refractivity (Wildman–Crippen MR) is 116 cm³/mol. The molecule has 0 spiro atoms. The molecule has 0 bridgehead atoms. The second kappa shape index (κ2) is 8.47. The zero-order valence-corrected chi connectivity index (χ0v) is 16.8. The molecular weight excluding hydrogens is 365 g/mol. The van der Waals surface area contributed by atoms with Crippen LogP contribution >= 0.6 is 0 Å². The molecule has 150 valence electrons. The molecule has 1 fully saturated rings. The van der Waals surface area contributed by atoms with Gasteiger partial charge < -0.3 is 15.1 Å². The molecule has 1 aliphatic heterocycles. The second-order valence-corrected chi connectivity index (χ2v) is 7.42. The van der Waals surface area contributed by atoms with E-state index >= 15 is 0 Å². The fourth-order valence-corrected chi connectivity index (χ4v) is 3.64. The van der Waals surface area contributed by atoms with Crippen molar-refractivity contribution in [2.24, 2.45) is 0 Å². The van der Waals surface area contributed by atoms with Gasteiger partial charge in [0.25, 0.3) is 0 Å². The van der Waals surface area contributed by atoms with Crippen molar-refractivity contribution in [3.8, 4) is 0 Å². The smallest absolute Gasteiger partial charge is 0.225 e. The van der Waals surface area contributed by atoms with Gasteiger partial charge in [-0.05, 0) is 43.7 Å². The lowest BCUT2D eigenvalue weighted by molar-refractivity contribution is 0.624. The molecule has 1 atom stereocenters. The normalized spacial score (nSPS) is 15.3. The molecule has 6 heteroatoms. The standard InChI is InChI=1S/C23H26FN5/c1-17-16-22(27-23(25-17)26-18(2)19-6-4-3-5-7-19)29-14-12-28(13-15-29)21-10-8-20(24)9-11-21/h3-11,16,18H,12-15H2,1-2H3,(H,25,26,27). The van der Waals surface area contributed by atoms with Crippen molar-refractivity contribution in [1.82, 2.24) is 9.97 Å². The fraction of sp³-hybridized carbons (Fsp3) is 0.304. The first-order valence-electron chi connectivity index (χ1n) is 10.0. The number of rotatable bonds is 5. The summed E-state index contributed by atoms with van der Waals surface area (Å²) in [7, 11) is 0. The lowest BCUT2D eigenvalue weighted by Crippen LogP contribution is -2.46. The molecule has 1 aromatic heterocycles. The average molecular weight is 391 g/mol. The van der Waals surface area contributed by atoms with Crippen LogP contribution in [0.1, 0.15) is 24.2 Å². The van der Waals surface area contributed by atoms with Crippen LogP contribution in [-0.2, 0) is 0 Å². The summed E-state index contributed by atoms with van der Waals surface area (Å²) < 4.78 is 13.2. The monoisotopic (exact) mass is 391 g/mol. The Morgan fingerprint density at radius 1 is 0.897 bits per heavy atom. The van der Waals surface area contributed by atoms with Gasteiger partial charge in [0.2, 0.25) is 5.95 Å². The van der Waals surface area contributed by atoms with Crippen LogP contribution < -0.4 is 15.1 Å². The van der Waals surface area contributed by atoms with Gasteiger partial charge in [0.15, 0.2) is 0 Å². The summed E-state index contributed by atoms with van der Waals surface area (Å²) in [5, 5.41) is 3.42. The molecule has 0 amide bonds. The van der Waals surface area contributed by atoms with Crippen molar-refractivity contribution in [2.75, 3.05) is 41.3 Å². The third kappa shape index (κ3) is 4.65. The SMILES string of the molecule is Cc1cc(N2CCN(c3ccc(F)cc3)CC2)nc(NC(C)c2ccccc2)n1. The fourth-order valence-electron chi connectivity index (χ4n) is 3.64.